The molecule has 6 nitrogen and oxygen atoms in total. The van der Waals surface area contributed by atoms with Crippen molar-refractivity contribution >= 4 is 11.6 Å². The monoisotopic (exact) mass is 305 g/mol. The molecule has 2 aromatic carbocycles. The minimum Gasteiger partial charge on any atom is -0.497 e. The van der Waals surface area contributed by atoms with Crippen molar-refractivity contribution in [2.24, 2.45) is 0 Å². The van der Waals surface area contributed by atoms with Crippen LogP contribution in [0.4, 0.5) is 5.95 Å². The fourth-order valence-corrected chi connectivity index (χ4v) is 2.68. The van der Waals surface area contributed by atoms with Gasteiger partial charge in [0.05, 0.1) is 7.11 Å². The molecule has 0 saturated carbocycles. The maximum atomic E-state index is 5.21. The smallest absolute Gasteiger partial charge is 0.248 e. The summed E-state index contributed by atoms with van der Waals surface area (Å²) in [6.45, 7) is 0. The molecule has 114 valence electrons. The molecule has 3 aromatic rings. The van der Waals surface area contributed by atoms with Gasteiger partial charge >= 0.3 is 0 Å². The van der Waals surface area contributed by atoms with Crippen molar-refractivity contribution < 1.29 is 4.74 Å². The third-order valence-electron chi connectivity index (χ3n) is 3.87. The Hall–Kier alpha value is -3.15. The van der Waals surface area contributed by atoms with Crippen LogP contribution in [0, 0.1) is 0 Å². The van der Waals surface area contributed by atoms with E-state index in [1.165, 1.54) is 0 Å². The minimum absolute atomic E-state index is 0.0421. The number of anilines is 1. The number of nitrogens with one attached hydrogen (secondary N) is 1. The summed E-state index contributed by atoms with van der Waals surface area (Å²) in [5, 5.41) is 15.2. The van der Waals surface area contributed by atoms with Crippen LogP contribution in [0.1, 0.15) is 17.2 Å². The van der Waals surface area contributed by atoms with Crippen molar-refractivity contribution in [2.75, 3.05) is 12.4 Å². The van der Waals surface area contributed by atoms with Gasteiger partial charge in [0, 0.05) is 5.70 Å². The van der Waals surface area contributed by atoms with E-state index >= 15 is 0 Å². The number of benzene rings is 2. The first-order chi connectivity index (χ1) is 11.3. The van der Waals surface area contributed by atoms with Crippen molar-refractivity contribution in [2.45, 2.75) is 6.04 Å². The summed E-state index contributed by atoms with van der Waals surface area (Å²) in [4.78, 5) is 0. The average molecular weight is 305 g/mol. The van der Waals surface area contributed by atoms with E-state index in [0.717, 1.165) is 22.6 Å². The zero-order valence-electron chi connectivity index (χ0n) is 12.5. The molecule has 1 aromatic heterocycles. The van der Waals surface area contributed by atoms with Crippen molar-refractivity contribution in [1.29, 1.82) is 0 Å². The van der Waals surface area contributed by atoms with E-state index in [1.54, 1.807) is 11.8 Å². The van der Waals surface area contributed by atoms with Gasteiger partial charge in [0.2, 0.25) is 5.95 Å². The molecule has 0 bridgehead atoms. The second kappa shape index (κ2) is 5.57. The SMILES string of the molecule is COc1ccc(C2=C[C@H](c3ccccc3)n3nnnc3N2)cc1. The number of rotatable bonds is 3. The molecular weight excluding hydrogens is 290 g/mol. The fraction of sp³-hybridized carbons (Fsp3) is 0.118. The summed E-state index contributed by atoms with van der Waals surface area (Å²) < 4.78 is 6.99. The van der Waals surface area contributed by atoms with Crippen molar-refractivity contribution in [3.8, 4) is 5.75 Å². The van der Waals surface area contributed by atoms with E-state index in [2.05, 4.69) is 39.1 Å². The molecule has 1 N–H and O–H groups in total. The molecule has 1 aliphatic heterocycles. The maximum absolute atomic E-state index is 5.21. The second-order valence-electron chi connectivity index (χ2n) is 5.24. The normalized spacial score (nSPS) is 16.2. The van der Waals surface area contributed by atoms with Gasteiger partial charge in [-0.25, -0.2) is 0 Å². The van der Waals surface area contributed by atoms with E-state index in [4.69, 9.17) is 4.74 Å². The lowest BCUT2D eigenvalue weighted by molar-refractivity contribution is 0.415. The number of hydrogen-bond donors (Lipinski definition) is 1. The van der Waals surface area contributed by atoms with Gasteiger partial charge in [-0.05, 0) is 51.9 Å². The van der Waals surface area contributed by atoms with Gasteiger partial charge < -0.3 is 10.1 Å². The Morgan fingerprint density at radius 3 is 2.57 bits per heavy atom. The predicted molar refractivity (Wildman–Crippen MR) is 87.0 cm³/mol. The van der Waals surface area contributed by atoms with Gasteiger partial charge in [-0.15, -0.1) is 0 Å². The van der Waals surface area contributed by atoms with Crippen LogP contribution in [0.5, 0.6) is 5.75 Å². The van der Waals surface area contributed by atoms with E-state index in [-0.39, 0.29) is 6.04 Å². The van der Waals surface area contributed by atoms with Gasteiger partial charge in [0.1, 0.15) is 11.8 Å². The zero-order chi connectivity index (χ0) is 15.6. The minimum atomic E-state index is -0.0421. The average Bonchev–Trinajstić information content (AvgIpc) is 3.10. The third kappa shape index (κ3) is 2.44. The highest BCUT2D eigenvalue weighted by Gasteiger charge is 2.24. The Kier molecular flexibility index (Phi) is 3.27. The molecule has 6 heteroatoms. The molecule has 0 amide bonds. The first-order valence-electron chi connectivity index (χ1n) is 7.31. The quantitative estimate of drug-likeness (QED) is 0.806. The van der Waals surface area contributed by atoms with Crippen LogP contribution in [-0.4, -0.2) is 27.3 Å². The first-order valence-corrected chi connectivity index (χ1v) is 7.31. The highest BCUT2D eigenvalue weighted by atomic mass is 16.5. The molecule has 1 aliphatic rings. The zero-order valence-corrected chi connectivity index (χ0v) is 12.5. The second-order valence-corrected chi connectivity index (χ2v) is 5.24. The highest BCUT2D eigenvalue weighted by molar-refractivity contribution is 5.77. The summed E-state index contributed by atoms with van der Waals surface area (Å²) >= 11 is 0. The van der Waals surface area contributed by atoms with E-state index in [0.29, 0.717) is 5.95 Å². The first kappa shape index (κ1) is 13.5. The largest absolute Gasteiger partial charge is 0.497 e. The van der Waals surface area contributed by atoms with Crippen molar-refractivity contribution in [3.63, 3.8) is 0 Å². The Bertz CT molecular complexity index is 839. The molecule has 4 rings (SSSR count). The lowest BCUT2D eigenvalue weighted by atomic mass is 10.0. The summed E-state index contributed by atoms with van der Waals surface area (Å²) in [5.74, 6) is 1.46. The number of allylic oxidation sites excluding steroid dienone is 1. The molecule has 0 aliphatic carbocycles. The summed E-state index contributed by atoms with van der Waals surface area (Å²) in [5.41, 5.74) is 3.17. The molecule has 0 spiro atoms. The van der Waals surface area contributed by atoms with Gasteiger partial charge in [-0.1, -0.05) is 35.4 Å². The molecule has 0 radical (unpaired) electrons. The lowest BCUT2D eigenvalue weighted by Gasteiger charge is -2.23. The molecule has 0 saturated heterocycles. The van der Waals surface area contributed by atoms with Crippen LogP contribution in [0.2, 0.25) is 0 Å². The maximum Gasteiger partial charge on any atom is 0.248 e. The fourth-order valence-electron chi connectivity index (χ4n) is 2.68. The summed E-state index contributed by atoms with van der Waals surface area (Å²) in [6, 6.07) is 18.0. The number of nitrogens with zero attached hydrogens (tertiary/aromatic N) is 4. The Morgan fingerprint density at radius 2 is 1.83 bits per heavy atom. The predicted octanol–water partition coefficient (Wildman–Crippen LogP) is 2.74. The summed E-state index contributed by atoms with van der Waals surface area (Å²) in [7, 11) is 1.66. The van der Waals surface area contributed by atoms with Crippen molar-refractivity contribution in [3.05, 3.63) is 71.8 Å². The van der Waals surface area contributed by atoms with Crippen molar-refractivity contribution in [1.82, 2.24) is 20.2 Å². The van der Waals surface area contributed by atoms with E-state index in [1.807, 2.05) is 42.5 Å². The molecule has 2 heterocycles. The van der Waals surface area contributed by atoms with Crippen LogP contribution in [0.15, 0.2) is 60.7 Å². The Morgan fingerprint density at radius 1 is 1.04 bits per heavy atom. The Balaban J connectivity index is 1.77. The van der Waals surface area contributed by atoms with Crippen LogP contribution >= 0.6 is 0 Å². The highest BCUT2D eigenvalue weighted by Crippen LogP contribution is 2.31. The number of hydrogen-bond acceptors (Lipinski definition) is 5. The molecule has 1 atom stereocenters. The number of ether oxygens (including phenoxy) is 1. The number of tetrazole rings is 1. The molecule has 0 unspecified atom stereocenters. The van der Waals surface area contributed by atoms with E-state index in [9.17, 15) is 0 Å². The molecular formula is C17H15N5O. The van der Waals surface area contributed by atoms with Gasteiger partial charge in [-0.2, -0.15) is 4.68 Å². The Labute approximate surface area is 133 Å². The van der Waals surface area contributed by atoms with Gasteiger partial charge in [0.25, 0.3) is 0 Å². The number of methoxy groups -OCH3 is 1. The topological polar surface area (TPSA) is 64.9 Å². The van der Waals surface area contributed by atoms with Crippen LogP contribution in [-0.2, 0) is 0 Å². The standard InChI is InChI=1S/C17H15N5O/c1-23-14-9-7-12(8-10-14)15-11-16(13-5-3-2-4-6-13)22-17(18-15)19-20-21-22/h2-11,16H,1H3,(H,18,19,21)/t16-/m1/s1. The molecule has 23 heavy (non-hydrogen) atoms. The van der Waals surface area contributed by atoms with E-state index < -0.39 is 0 Å². The van der Waals surface area contributed by atoms with Gasteiger partial charge in [0.15, 0.2) is 0 Å². The third-order valence-corrected chi connectivity index (χ3v) is 3.87. The number of aromatic nitrogens is 4. The molecule has 0 fully saturated rings. The van der Waals surface area contributed by atoms with Gasteiger partial charge in [-0.3, -0.25) is 0 Å². The van der Waals surface area contributed by atoms with Crippen LogP contribution in [0.3, 0.4) is 0 Å². The van der Waals surface area contributed by atoms with Crippen LogP contribution in [0.25, 0.3) is 5.70 Å². The lowest BCUT2D eigenvalue weighted by Crippen LogP contribution is -2.20. The number of fused-ring (bicyclic) bond motifs is 1. The van der Waals surface area contributed by atoms with Crippen LogP contribution < -0.4 is 10.1 Å². The summed E-state index contributed by atoms with van der Waals surface area (Å²) in [6.07, 6.45) is 2.13.